The van der Waals surface area contributed by atoms with Crippen LogP contribution in [0.1, 0.15) is 15.9 Å². The third kappa shape index (κ3) is 8.05. The first-order chi connectivity index (χ1) is 20.9. The third-order valence-corrected chi connectivity index (χ3v) is 7.90. The number of nitrogens with one attached hydrogen (secondary N) is 3. The van der Waals surface area contributed by atoms with Crippen LogP contribution in [-0.4, -0.2) is 23.5 Å². The molecule has 0 unspecified atom stereocenters. The smallest absolute Gasteiger partial charge is 0.272 e. The Morgan fingerprint density at radius 1 is 0.744 bits per heavy atom. The number of carbonyl (C=O) groups excluding carboxylic acids is 3. The fourth-order valence-electron chi connectivity index (χ4n) is 4.23. The van der Waals surface area contributed by atoms with Gasteiger partial charge in [-0.1, -0.05) is 83.9 Å². The van der Waals surface area contributed by atoms with Crippen LogP contribution in [-0.2, 0) is 9.59 Å². The van der Waals surface area contributed by atoms with Crippen molar-refractivity contribution in [3.8, 4) is 0 Å². The molecule has 3 amide bonds. The number of anilines is 2. The average molecular weight is 627 g/mol. The van der Waals surface area contributed by atoms with Gasteiger partial charge in [0.15, 0.2) is 0 Å². The topological polar surface area (TPSA) is 87.3 Å². The van der Waals surface area contributed by atoms with Crippen LogP contribution in [0.15, 0.2) is 126 Å². The molecule has 0 aliphatic rings. The first kappa shape index (κ1) is 29.9. The number of fused-ring (bicyclic) bond motifs is 1. The largest absolute Gasteiger partial charge is 0.324 e. The molecular formula is C34H25Cl2N3O3S. The molecule has 6 nitrogen and oxygen atoms in total. The maximum Gasteiger partial charge on any atom is 0.272 e. The van der Waals surface area contributed by atoms with Gasteiger partial charge >= 0.3 is 0 Å². The quantitative estimate of drug-likeness (QED) is 0.114. The minimum atomic E-state index is -0.475. The summed E-state index contributed by atoms with van der Waals surface area (Å²) in [4.78, 5) is 39.7. The van der Waals surface area contributed by atoms with Crippen molar-refractivity contribution in [3.63, 3.8) is 0 Å². The van der Waals surface area contributed by atoms with Gasteiger partial charge in [-0.25, -0.2) is 0 Å². The molecule has 9 heteroatoms. The van der Waals surface area contributed by atoms with Crippen molar-refractivity contribution >= 4 is 80.9 Å². The summed E-state index contributed by atoms with van der Waals surface area (Å²) in [5.41, 5.74) is 2.34. The van der Waals surface area contributed by atoms with Crippen LogP contribution < -0.4 is 16.0 Å². The lowest BCUT2D eigenvalue weighted by Gasteiger charge is -2.13. The van der Waals surface area contributed by atoms with E-state index in [1.54, 1.807) is 72.8 Å². The highest BCUT2D eigenvalue weighted by Gasteiger charge is 2.16. The Kier molecular flexibility index (Phi) is 9.79. The zero-order chi connectivity index (χ0) is 30.2. The second-order valence-corrected chi connectivity index (χ2v) is 11.3. The van der Waals surface area contributed by atoms with E-state index in [0.717, 1.165) is 21.2 Å². The number of hydrogen-bond donors (Lipinski definition) is 3. The molecule has 43 heavy (non-hydrogen) atoms. The zero-order valence-corrected chi connectivity index (χ0v) is 25.0. The van der Waals surface area contributed by atoms with Gasteiger partial charge in [-0.3, -0.25) is 14.4 Å². The molecule has 0 fully saturated rings. The summed E-state index contributed by atoms with van der Waals surface area (Å²) >= 11 is 13.4. The summed E-state index contributed by atoms with van der Waals surface area (Å²) in [6, 6.07) is 34.3. The second-order valence-electron chi connectivity index (χ2n) is 9.39. The maximum atomic E-state index is 13.5. The highest BCUT2D eigenvalue weighted by molar-refractivity contribution is 8.00. The molecule has 0 aliphatic heterocycles. The summed E-state index contributed by atoms with van der Waals surface area (Å²) < 4.78 is 0. The van der Waals surface area contributed by atoms with Gasteiger partial charge in [0.2, 0.25) is 5.91 Å². The predicted octanol–water partition coefficient (Wildman–Crippen LogP) is 8.29. The highest BCUT2D eigenvalue weighted by atomic mass is 35.5. The lowest BCUT2D eigenvalue weighted by molar-refractivity contribution is -0.114. The van der Waals surface area contributed by atoms with E-state index in [2.05, 4.69) is 16.0 Å². The summed E-state index contributed by atoms with van der Waals surface area (Å²) in [6.45, 7) is 0. The van der Waals surface area contributed by atoms with Crippen molar-refractivity contribution in [1.29, 1.82) is 0 Å². The molecule has 3 N–H and O–H groups in total. The Balaban J connectivity index is 1.28. The van der Waals surface area contributed by atoms with Crippen LogP contribution in [0.5, 0.6) is 0 Å². The fraction of sp³-hybridized carbons (Fsp3) is 0.0294. The molecule has 214 valence electrons. The standard InChI is InChI=1S/C34H25Cl2N3O3S/c35-25-13-18-30(29(36)20-25)38-32(40)21-43-27-16-14-26(15-17-27)37-34(42)31(39-33(41)23-8-2-1-3-9-23)19-24-11-6-10-22-7-4-5-12-28(22)24/h1-20H,21H2,(H,37,42)(H,38,40)(H,39,41)/b31-19-. The SMILES string of the molecule is O=C(CSc1ccc(NC(=O)/C(=C/c2cccc3ccccc23)NC(=O)c2ccccc2)cc1)Nc1ccc(Cl)cc1Cl. The van der Waals surface area contributed by atoms with Crippen molar-refractivity contribution in [1.82, 2.24) is 5.32 Å². The van der Waals surface area contributed by atoms with E-state index >= 15 is 0 Å². The molecule has 0 aliphatic carbocycles. The molecule has 0 atom stereocenters. The van der Waals surface area contributed by atoms with Gasteiger partial charge in [0.25, 0.3) is 11.8 Å². The molecule has 0 bridgehead atoms. The molecule has 0 heterocycles. The number of amides is 3. The van der Waals surface area contributed by atoms with Crippen LogP contribution in [0.2, 0.25) is 10.0 Å². The maximum absolute atomic E-state index is 13.5. The first-order valence-electron chi connectivity index (χ1n) is 13.2. The zero-order valence-electron chi connectivity index (χ0n) is 22.6. The first-order valence-corrected chi connectivity index (χ1v) is 14.9. The van der Waals surface area contributed by atoms with Crippen LogP contribution in [0.25, 0.3) is 16.8 Å². The Labute approximate surface area is 263 Å². The Hall–Kier alpha value is -4.56. The van der Waals surface area contributed by atoms with Crippen molar-refractivity contribution in [3.05, 3.63) is 142 Å². The van der Waals surface area contributed by atoms with Gasteiger partial charge in [-0.15, -0.1) is 11.8 Å². The fourth-order valence-corrected chi connectivity index (χ4v) is 5.39. The molecule has 0 radical (unpaired) electrons. The normalized spacial score (nSPS) is 11.2. The van der Waals surface area contributed by atoms with E-state index in [0.29, 0.717) is 27.0 Å². The summed E-state index contributed by atoms with van der Waals surface area (Å²) in [6.07, 6.45) is 1.67. The lowest BCUT2D eigenvalue weighted by atomic mass is 10.0. The van der Waals surface area contributed by atoms with Gasteiger partial charge in [0.05, 0.1) is 16.5 Å². The van der Waals surface area contributed by atoms with Crippen molar-refractivity contribution in [2.45, 2.75) is 4.90 Å². The molecule has 0 saturated heterocycles. The summed E-state index contributed by atoms with van der Waals surface area (Å²) in [5.74, 6) is -0.929. The number of carbonyl (C=O) groups is 3. The Morgan fingerprint density at radius 2 is 1.47 bits per heavy atom. The van der Waals surface area contributed by atoms with Crippen LogP contribution in [0, 0.1) is 0 Å². The van der Waals surface area contributed by atoms with E-state index < -0.39 is 11.8 Å². The number of hydrogen-bond acceptors (Lipinski definition) is 4. The molecule has 0 aromatic heterocycles. The number of rotatable bonds is 9. The van der Waals surface area contributed by atoms with Crippen molar-refractivity contribution < 1.29 is 14.4 Å². The number of thioether (sulfide) groups is 1. The third-order valence-electron chi connectivity index (χ3n) is 6.34. The molecular weight excluding hydrogens is 601 g/mol. The monoisotopic (exact) mass is 625 g/mol. The summed E-state index contributed by atoms with van der Waals surface area (Å²) in [5, 5.41) is 11.2. The van der Waals surface area contributed by atoms with Crippen LogP contribution in [0.4, 0.5) is 11.4 Å². The molecule has 0 spiro atoms. The van der Waals surface area contributed by atoms with Gasteiger partial charge < -0.3 is 16.0 Å². The number of halogens is 2. The van der Waals surface area contributed by atoms with E-state index in [-0.39, 0.29) is 17.4 Å². The second kappa shape index (κ2) is 14.1. The predicted molar refractivity (Wildman–Crippen MR) is 177 cm³/mol. The molecule has 0 saturated carbocycles. The van der Waals surface area contributed by atoms with Crippen molar-refractivity contribution in [2.75, 3.05) is 16.4 Å². The van der Waals surface area contributed by atoms with Gasteiger partial charge in [-0.2, -0.15) is 0 Å². The van der Waals surface area contributed by atoms with E-state index in [4.69, 9.17) is 23.2 Å². The molecule has 5 aromatic rings. The van der Waals surface area contributed by atoms with Gasteiger partial charge in [0, 0.05) is 21.2 Å². The minimum Gasteiger partial charge on any atom is -0.324 e. The number of benzene rings is 5. The van der Waals surface area contributed by atoms with E-state index in [1.807, 2.05) is 48.5 Å². The minimum absolute atomic E-state index is 0.0983. The molecule has 5 aromatic carbocycles. The van der Waals surface area contributed by atoms with Crippen LogP contribution in [0.3, 0.4) is 0 Å². The Bertz CT molecular complexity index is 1820. The van der Waals surface area contributed by atoms with E-state index in [9.17, 15) is 14.4 Å². The lowest BCUT2D eigenvalue weighted by Crippen LogP contribution is -2.30. The van der Waals surface area contributed by atoms with Crippen molar-refractivity contribution in [2.24, 2.45) is 0 Å². The molecule has 5 rings (SSSR count). The van der Waals surface area contributed by atoms with Gasteiger partial charge in [0.1, 0.15) is 5.70 Å². The average Bonchev–Trinajstić information content (AvgIpc) is 3.02. The Morgan fingerprint density at radius 3 is 2.23 bits per heavy atom. The van der Waals surface area contributed by atoms with E-state index in [1.165, 1.54) is 11.8 Å². The van der Waals surface area contributed by atoms with Gasteiger partial charge in [-0.05, 0) is 77.0 Å². The highest BCUT2D eigenvalue weighted by Crippen LogP contribution is 2.27. The van der Waals surface area contributed by atoms with Crippen LogP contribution >= 0.6 is 35.0 Å². The summed E-state index contributed by atoms with van der Waals surface area (Å²) in [7, 11) is 0.